The van der Waals surface area contributed by atoms with E-state index in [1.165, 1.54) is 0 Å². The van der Waals surface area contributed by atoms with Crippen LogP contribution in [0.25, 0.3) is 11.1 Å². The average Bonchev–Trinajstić information content (AvgIpc) is 3.67. The van der Waals surface area contributed by atoms with Crippen LogP contribution in [0.2, 0.25) is 0 Å². The van der Waals surface area contributed by atoms with E-state index >= 15 is 0 Å². The molecule has 3 aliphatic heterocycles. The Balaban J connectivity index is 1.25. The maximum absolute atomic E-state index is 13.9. The highest BCUT2D eigenvalue weighted by Gasteiger charge is 2.50. The van der Waals surface area contributed by atoms with Crippen LogP contribution in [-0.4, -0.2) is 81.5 Å². The molecule has 2 N–H and O–H groups in total. The number of aliphatic hydroxyl groups is 1. The minimum absolute atomic E-state index is 0.0302. The van der Waals surface area contributed by atoms with Crippen molar-refractivity contribution >= 4 is 17.6 Å². The smallest absolute Gasteiger partial charge is 0.325 e. The van der Waals surface area contributed by atoms with Crippen molar-refractivity contribution in [2.45, 2.75) is 37.5 Å². The van der Waals surface area contributed by atoms with Crippen LogP contribution in [0.3, 0.4) is 0 Å². The molecule has 2 aromatic carbocycles. The van der Waals surface area contributed by atoms with E-state index in [-0.39, 0.29) is 17.5 Å². The standard InChI is InChI=1S/C28H31N5O4/c34-25-8-11-31(18-25)26(35)22-3-1-2-20(14-22)17-33-27(36)32(19-28(33)9-12-37-13-10-28)24-6-4-21(5-7-24)23-15-29-30-16-23/h1-7,14-16,25,34H,8-13,17-19H2,(H,29,30). The van der Waals surface area contributed by atoms with Gasteiger partial charge in [-0.15, -0.1) is 0 Å². The summed E-state index contributed by atoms with van der Waals surface area (Å²) in [6.45, 7) is 3.19. The fraction of sp³-hybridized carbons (Fsp3) is 0.393. The highest BCUT2D eigenvalue weighted by molar-refractivity contribution is 5.96. The fourth-order valence-corrected chi connectivity index (χ4v) is 5.75. The van der Waals surface area contributed by atoms with E-state index in [4.69, 9.17) is 4.74 Å². The van der Waals surface area contributed by atoms with Gasteiger partial charge in [-0.3, -0.25) is 14.8 Å². The van der Waals surface area contributed by atoms with E-state index in [0.29, 0.717) is 51.4 Å². The lowest BCUT2D eigenvalue weighted by Crippen LogP contribution is -2.50. The Morgan fingerprint density at radius 1 is 1.14 bits per heavy atom. The third-order valence-corrected chi connectivity index (χ3v) is 7.89. The maximum Gasteiger partial charge on any atom is 0.325 e. The molecule has 3 amide bonds. The SMILES string of the molecule is O=C(c1cccc(CN2C(=O)N(c3ccc(-c4cn[nH]c4)cc3)CC23CCOCC3)c1)N1CCC(O)C1. The molecule has 3 saturated heterocycles. The molecule has 1 spiro atoms. The van der Waals surface area contributed by atoms with Crippen LogP contribution in [0.1, 0.15) is 35.2 Å². The number of hydrogen-bond donors (Lipinski definition) is 2. The first kappa shape index (κ1) is 23.7. The number of carbonyl (C=O) groups excluding carboxylic acids is 2. The van der Waals surface area contributed by atoms with Gasteiger partial charge in [-0.2, -0.15) is 5.10 Å². The molecule has 3 aliphatic rings. The molecule has 0 aliphatic carbocycles. The van der Waals surface area contributed by atoms with Crippen molar-refractivity contribution in [3.8, 4) is 11.1 Å². The largest absolute Gasteiger partial charge is 0.391 e. The van der Waals surface area contributed by atoms with Gasteiger partial charge in [0.15, 0.2) is 0 Å². The van der Waals surface area contributed by atoms with E-state index in [9.17, 15) is 14.7 Å². The number of aromatic nitrogens is 2. The number of nitrogens with zero attached hydrogens (tertiary/aromatic N) is 4. The van der Waals surface area contributed by atoms with Gasteiger partial charge in [-0.05, 0) is 54.7 Å². The number of hydrogen-bond acceptors (Lipinski definition) is 5. The lowest BCUT2D eigenvalue weighted by Gasteiger charge is -2.40. The van der Waals surface area contributed by atoms with E-state index < -0.39 is 6.10 Å². The molecular weight excluding hydrogens is 470 g/mol. The third kappa shape index (κ3) is 4.49. The van der Waals surface area contributed by atoms with Crippen LogP contribution in [0.5, 0.6) is 0 Å². The minimum Gasteiger partial charge on any atom is -0.391 e. The number of benzene rings is 2. The van der Waals surface area contributed by atoms with Crippen LogP contribution >= 0.6 is 0 Å². The Labute approximate surface area is 215 Å². The number of urea groups is 1. The molecule has 9 nitrogen and oxygen atoms in total. The van der Waals surface area contributed by atoms with Gasteiger partial charge in [0.1, 0.15) is 0 Å². The number of anilines is 1. The molecule has 6 rings (SSSR count). The summed E-state index contributed by atoms with van der Waals surface area (Å²) in [4.78, 5) is 32.4. The van der Waals surface area contributed by atoms with Gasteiger partial charge < -0.3 is 19.6 Å². The number of β-amino-alcohol motifs (C(OH)–C–C–N with tert-alkyl or cyclic N) is 1. The van der Waals surface area contributed by atoms with E-state index in [1.54, 1.807) is 17.2 Å². The summed E-state index contributed by atoms with van der Waals surface area (Å²) >= 11 is 0. The molecule has 1 atom stereocenters. The Morgan fingerprint density at radius 3 is 2.65 bits per heavy atom. The summed E-state index contributed by atoms with van der Waals surface area (Å²) in [7, 11) is 0. The number of nitrogens with one attached hydrogen (secondary N) is 1. The summed E-state index contributed by atoms with van der Waals surface area (Å²) < 4.78 is 5.67. The first-order chi connectivity index (χ1) is 18.0. The van der Waals surface area contributed by atoms with E-state index in [2.05, 4.69) is 10.2 Å². The zero-order chi connectivity index (χ0) is 25.4. The second kappa shape index (κ2) is 9.64. The van der Waals surface area contributed by atoms with Gasteiger partial charge in [0.05, 0.1) is 24.4 Å². The number of aromatic amines is 1. The fourth-order valence-electron chi connectivity index (χ4n) is 5.75. The highest BCUT2D eigenvalue weighted by Crippen LogP contribution is 2.39. The van der Waals surface area contributed by atoms with Crippen LogP contribution in [0.4, 0.5) is 10.5 Å². The molecular formula is C28H31N5O4. The van der Waals surface area contributed by atoms with Gasteiger partial charge in [0.2, 0.25) is 0 Å². The molecule has 3 aromatic rings. The number of amides is 3. The first-order valence-electron chi connectivity index (χ1n) is 12.8. The Kier molecular flexibility index (Phi) is 6.18. The molecule has 1 aromatic heterocycles. The lowest BCUT2D eigenvalue weighted by molar-refractivity contribution is 0.00611. The number of aliphatic hydroxyl groups excluding tert-OH is 1. The molecule has 4 heterocycles. The Morgan fingerprint density at radius 2 is 1.95 bits per heavy atom. The molecule has 0 saturated carbocycles. The Bertz CT molecular complexity index is 1270. The normalized spacial score (nSPS) is 21.3. The molecule has 0 bridgehead atoms. The monoisotopic (exact) mass is 501 g/mol. The van der Waals surface area contributed by atoms with Crippen molar-refractivity contribution in [1.29, 1.82) is 0 Å². The van der Waals surface area contributed by atoms with Crippen molar-refractivity contribution in [2.24, 2.45) is 0 Å². The quantitative estimate of drug-likeness (QED) is 0.559. The number of rotatable bonds is 5. The summed E-state index contributed by atoms with van der Waals surface area (Å²) in [5.74, 6) is -0.0775. The molecule has 0 radical (unpaired) electrons. The van der Waals surface area contributed by atoms with Crippen molar-refractivity contribution in [3.05, 3.63) is 72.1 Å². The van der Waals surface area contributed by atoms with Crippen LogP contribution in [-0.2, 0) is 11.3 Å². The van der Waals surface area contributed by atoms with E-state index in [0.717, 1.165) is 35.2 Å². The second-order valence-electron chi connectivity index (χ2n) is 10.2. The first-order valence-corrected chi connectivity index (χ1v) is 12.8. The van der Waals surface area contributed by atoms with Crippen molar-refractivity contribution in [3.63, 3.8) is 0 Å². The van der Waals surface area contributed by atoms with Gasteiger partial charge in [-0.25, -0.2) is 4.79 Å². The minimum atomic E-state index is -0.456. The maximum atomic E-state index is 13.9. The zero-order valence-corrected chi connectivity index (χ0v) is 20.7. The van der Waals surface area contributed by atoms with Crippen molar-refractivity contribution < 1.29 is 19.4 Å². The molecule has 9 heteroatoms. The highest BCUT2D eigenvalue weighted by atomic mass is 16.5. The van der Waals surface area contributed by atoms with Crippen LogP contribution in [0.15, 0.2) is 60.9 Å². The lowest BCUT2D eigenvalue weighted by atomic mass is 9.88. The molecule has 1 unspecified atom stereocenters. The summed E-state index contributed by atoms with van der Waals surface area (Å²) in [6, 6.07) is 15.5. The van der Waals surface area contributed by atoms with Gasteiger partial charge in [0.25, 0.3) is 5.91 Å². The Hall–Kier alpha value is -3.69. The number of carbonyl (C=O) groups is 2. The zero-order valence-electron chi connectivity index (χ0n) is 20.7. The number of H-pyrrole nitrogens is 1. The van der Waals surface area contributed by atoms with E-state index in [1.807, 2.05) is 58.5 Å². The van der Waals surface area contributed by atoms with Gasteiger partial charge in [0, 0.05) is 55.9 Å². The average molecular weight is 502 g/mol. The molecule has 192 valence electrons. The van der Waals surface area contributed by atoms with Crippen LogP contribution < -0.4 is 4.90 Å². The molecule has 3 fully saturated rings. The van der Waals surface area contributed by atoms with Crippen molar-refractivity contribution in [1.82, 2.24) is 20.0 Å². The summed E-state index contributed by atoms with van der Waals surface area (Å²) in [6.07, 6.45) is 5.32. The predicted molar refractivity (Wildman–Crippen MR) is 138 cm³/mol. The summed E-state index contributed by atoms with van der Waals surface area (Å²) in [5, 5.41) is 16.7. The van der Waals surface area contributed by atoms with Gasteiger partial charge in [-0.1, -0.05) is 24.3 Å². The number of likely N-dealkylation sites (tertiary alicyclic amines) is 1. The van der Waals surface area contributed by atoms with Crippen molar-refractivity contribution in [2.75, 3.05) is 37.7 Å². The topological polar surface area (TPSA) is 102 Å². The predicted octanol–water partition coefficient (Wildman–Crippen LogP) is 3.27. The van der Waals surface area contributed by atoms with Gasteiger partial charge >= 0.3 is 6.03 Å². The van der Waals surface area contributed by atoms with Crippen LogP contribution in [0, 0.1) is 0 Å². The summed E-state index contributed by atoms with van der Waals surface area (Å²) in [5.41, 5.74) is 4.08. The molecule has 37 heavy (non-hydrogen) atoms. The third-order valence-electron chi connectivity index (χ3n) is 7.89. The second-order valence-corrected chi connectivity index (χ2v) is 10.2. The number of ether oxygens (including phenoxy) is 1.